The van der Waals surface area contributed by atoms with E-state index in [0.717, 1.165) is 106 Å². The number of aliphatic hydroxyl groups excluding tert-OH is 1. The predicted molar refractivity (Wildman–Crippen MR) is 589 cm³/mol. The van der Waals surface area contributed by atoms with Gasteiger partial charge in [0, 0.05) is 55.3 Å². The second-order valence-electron chi connectivity index (χ2n) is 63.6. The molecule has 0 aromatic heterocycles. The summed E-state index contributed by atoms with van der Waals surface area (Å²) in [4.78, 5) is 163. The number of hydrogen-bond donors (Lipinski definition) is 2. The molecule has 0 radical (unpaired) electrons. The molecule has 4 aliphatic rings. The number of hydrogen-bond acceptors (Lipinski definition) is 16. The van der Waals surface area contributed by atoms with Crippen LogP contribution in [0.25, 0.3) is 0 Å². The SMILES string of the molecule is C=C(C)C(CC(C)(C)CC(C)(C)CC(C)(C)C)C1CC(=O)C(O)C1=O.C=C(C)C(CC(C)(C)CC(C)(C)CC(C)(C)C)C1CC(=O)C(OC(=O)C(C(=O)OC2C(=O)CC(C(CC(C)(C)CC(C)(C)CC(C)(C)C)C(=C)C)C2=O)C(CCC(C)(C)CC(C)(C)CC(C)(C)C)C(=C)C)C1=O.C=C(C)C(CC(C)(C)CC(C)(C)CC(C)(C)C)C1CC(=O)C(OC(=O)C(CC(=O)O)CC(C)(C)CC(C)(C)CC(C)(C)C)C1=O. The maximum Gasteiger partial charge on any atom is 0.322 e. The van der Waals surface area contributed by atoms with Gasteiger partial charge in [-0.1, -0.05) is 352 Å². The number of ether oxygens (including phenoxy) is 3. The first-order chi connectivity index (χ1) is 63.3. The van der Waals surface area contributed by atoms with Crippen LogP contribution in [0.3, 0.4) is 0 Å². The van der Waals surface area contributed by atoms with Crippen molar-refractivity contribution in [2.24, 2.45) is 163 Å². The molecule has 0 spiro atoms. The molecule has 14 atom stereocenters. The molecule has 17 heteroatoms. The van der Waals surface area contributed by atoms with Gasteiger partial charge in [-0.15, -0.1) is 0 Å². The minimum Gasteiger partial charge on any atom is -0.481 e. The van der Waals surface area contributed by atoms with Crippen LogP contribution in [0.1, 0.15) is 480 Å². The molecule has 0 amide bonds. The van der Waals surface area contributed by atoms with E-state index in [0.29, 0.717) is 37.7 Å². The van der Waals surface area contributed by atoms with Crippen LogP contribution in [-0.2, 0) is 71.7 Å². The highest BCUT2D eigenvalue weighted by Crippen LogP contribution is 2.56. The Bertz CT molecular complexity index is 4380. The fourth-order valence-electron chi connectivity index (χ4n) is 30.5. The summed E-state index contributed by atoms with van der Waals surface area (Å²) in [5.74, 6) is -14.6. The van der Waals surface area contributed by atoms with Gasteiger partial charge in [0.15, 0.2) is 58.3 Å². The molecule has 2 N–H and O–H groups in total. The number of aliphatic hydroxyl groups is 1. The summed E-state index contributed by atoms with van der Waals surface area (Å²) in [6.07, 6.45) is 8.67. The average molecular weight is 2000 g/mol. The zero-order chi connectivity index (χ0) is 113. The van der Waals surface area contributed by atoms with Crippen molar-refractivity contribution in [2.45, 2.75) is 504 Å². The highest BCUT2D eigenvalue weighted by molar-refractivity contribution is 6.17. The molecule has 4 aliphatic carbocycles. The van der Waals surface area contributed by atoms with E-state index in [2.05, 4.69) is 310 Å². The number of aliphatic carboxylic acids is 1. The lowest BCUT2D eigenvalue weighted by molar-refractivity contribution is -0.175. The van der Waals surface area contributed by atoms with E-state index in [-0.39, 0.29) is 171 Å². The van der Waals surface area contributed by atoms with Gasteiger partial charge in [-0.3, -0.25) is 57.5 Å². The summed E-state index contributed by atoms with van der Waals surface area (Å²) in [7, 11) is 0. The molecule has 4 saturated carbocycles. The van der Waals surface area contributed by atoms with Crippen molar-refractivity contribution in [1.82, 2.24) is 0 Å². The third-order valence-corrected chi connectivity index (χ3v) is 29.7. The molecular formula is C126H216O17. The van der Waals surface area contributed by atoms with Gasteiger partial charge in [-0.25, -0.2) is 0 Å². The van der Waals surface area contributed by atoms with E-state index in [1.54, 1.807) is 6.92 Å². The number of carboxylic acids is 1. The molecular weight excluding hydrogens is 1790 g/mol. The van der Waals surface area contributed by atoms with Crippen LogP contribution in [0.5, 0.6) is 0 Å². The predicted octanol–water partition coefficient (Wildman–Crippen LogP) is 31.4. The molecule has 822 valence electrons. The van der Waals surface area contributed by atoms with E-state index in [1.807, 2.05) is 41.5 Å². The Labute approximate surface area is 874 Å². The van der Waals surface area contributed by atoms with Crippen molar-refractivity contribution >= 4 is 70.1 Å². The molecule has 17 nitrogen and oxygen atoms in total. The monoisotopic (exact) mass is 2000 g/mol. The zero-order valence-corrected chi connectivity index (χ0v) is 101. The quantitative estimate of drug-likeness (QED) is 0.0248. The Hall–Kier alpha value is -6.10. The van der Waals surface area contributed by atoms with Gasteiger partial charge in [0.1, 0.15) is 0 Å². The fraction of sp³-hybridized carbons (Fsp3) is 0.825. The van der Waals surface area contributed by atoms with Gasteiger partial charge in [-0.2, -0.15) is 0 Å². The highest BCUT2D eigenvalue weighted by atomic mass is 16.6. The van der Waals surface area contributed by atoms with Crippen LogP contribution in [-0.4, -0.2) is 105 Å². The summed E-state index contributed by atoms with van der Waals surface area (Å²) in [5, 5.41) is 19.4. The Morgan fingerprint density at radius 3 is 0.678 bits per heavy atom. The van der Waals surface area contributed by atoms with Crippen molar-refractivity contribution in [3.8, 4) is 0 Å². The standard InChI is InChI=1S/C65H110O8.C39H68O6.C22H38O3/c1-40(2)43(28-29-60(16,17)37-63(22,23)34-57(7,8)9)50(55(70)72-53-48(66)30-44(51(53)68)46(41(3)4)32-61(18,19)38-64(24,25)35-58(10,11)12)56(71)73-54-49(67)31-45(52(54)69)47(42(5)6)33-62(20,21)39-65(26,27)36-59(13,14)15;1-25(2)28(20-37(11,12)24-39(15,16)22-35(6,7)8)27-18-29(40)32(31(27)43)45-33(44)26(17-30(41)42)19-36(9,10)23-38(13,14)21-34(3,4)5;1-14(2)16(15-10-17(23)19(25)18(15)24)11-21(6,7)13-22(8,9)12-20(3,4)5/h43-47,50,53-54H,1,3,5,28-39H2,2,4,6-27H3;26-28,32H,1,17-24H2,2-16H3,(H,41,42);15-16,19,25H,1,10-13H2,2-9H3. The summed E-state index contributed by atoms with van der Waals surface area (Å²) >= 11 is 0. The number of carbonyl (C=O) groups is 12. The van der Waals surface area contributed by atoms with E-state index in [4.69, 9.17) is 14.2 Å². The topological polar surface area (TPSA) is 273 Å². The Morgan fingerprint density at radius 1 is 0.280 bits per heavy atom. The van der Waals surface area contributed by atoms with Crippen molar-refractivity contribution in [1.29, 1.82) is 0 Å². The minimum absolute atomic E-state index is 0.00581. The number of ketones is 8. The van der Waals surface area contributed by atoms with Gasteiger partial charge in [0.05, 0.1) is 12.3 Å². The van der Waals surface area contributed by atoms with Gasteiger partial charge in [-0.05, 0) is 278 Å². The lowest BCUT2D eigenvalue weighted by Gasteiger charge is -2.41. The molecule has 0 saturated heterocycles. The highest BCUT2D eigenvalue weighted by Gasteiger charge is 2.56. The largest absolute Gasteiger partial charge is 0.481 e. The Kier molecular flexibility index (Phi) is 45.5. The fourth-order valence-corrected chi connectivity index (χ4v) is 30.5. The Morgan fingerprint density at radius 2 is 0.483 bits per heavy atom. The first-order valence-electron chi connectivity index (χ1n) is 54.3. The van der Waals surface area contributed by atoms with Gasteiger partial charge in [0.25, 0.3) is 0 Å². The first-order valence-corrected chi connectivity index (χ1v) is 54.3. The number of rotatable bonds is 49. The molecule has 4 rings (SSSR count). The molecule has 4 fully saturated rings. The number of carbonyl (C=O) groups excluding carboxylic acids is 11. The lowest BCUT2D eigenvalue weighted by atomic mass is 9.64. The van der Waals surface area contributed by atoms with Gasteiger partial charge < -0.3 is 24.4 Å². The summed E-state index contributed by atoms with van der Waals surface area (Å²) in [6, 6.07) is 0. The van der Waals surface area contributed by atoms with E-state index >= 15 is 0 Å². The molecule has 0 bridgehead atoms. The van der Waals surface area contributed by atoms with E-state index in [1.165, 1.54) is 0 Å². The maximum atomic E-state index is 14.9. The van der Waals surface area contributed by atoms with Gasteiger partial charge in [0.2, 0.25) is 18.3 Å². The van der Waals surface area contributed by atoms with Crippen molar-refractivity contribution < 1.29 is 82.0 Å². The molecule has 143 heavy (non-hydrogen) atoms. The summed E-state index contributed by atoms with van der Waals surface area (Å²) in [5.41, 5.74) is 3.92. The van der Waals surface area contributed by atoms with E-state index in [9.17, 15) is 67.7 Å². The number of allylic oxidation sites excluding steroid dienone is 5. The van der Waals surface area contributed by atoms with Crippen molar-refractivity contribution in [3.63, 3.8) is 0 Å². The van der Waals surface area contributed by atoms with Crippen LogP contribution in [0, 0.1) is 163 Å². The average Bonchev–Trinajstić information content (AvgIpc) is 1.54. The number of esters is 3. The molecule has 14 unspecified atom stereocenters. The molecule has 0 aromatic rings. The third kappa shape index (κ3) is 46.5. The number of Topliss-reactive ketones (excluding diaryl/α,β-unsaturated/α-hetero) is 8. The van der Waals surface area contributed by atoms with Crippen LogP contribution >= 0.6 is 0 Å². The smallest absolute Gasteiger partial charge is 0.322 e. The van der Waals surface area contributed by atoms with Crippen LogP contribution in [0.2, 0.25) is 0 Å². The second-order valence-corrected chi connectivity index (χ2v) is 63.6. The zero-order valence-electron chi connectivity index (χ0n) is 101. The first kappa shape index (κ1) is 133. The van der Waals surface area contributed by atoms with E-state index < -0.39 is 125 Å². The molecule has 0 aromatic carbocycles. The van der Waals surface area contributed by atoms with Crippen LogP contribution in [0.4, 0.5) is 0 Å². The molecule has 0 aliphatic heterocycles. The van der Waals surface area contributed by atoms with Gasteiger partial charge >= 0.3 is 23.9 Å². The second kappa shape index (κ2) is 48.9. The summed E-state index contributed by atoms with van der Waals surface area (Å²) in [6.45, 7) is 124. The normalized spacial score (nSPS) is 21.7. The lowest BCUT2D eigenvalue weighted by Crippen LogP contribution is -2.43. The summed E-state index contributed by atoms with van der Waals surface area (Å²) < 4.78 is 17.6. The van der Waals surface area contributed by atoms with Crippen molar-refractivity contribution in [2.75, 3.05) is 0 Å². The number of carboxylic acid groups (broad SMARTS) is 1. The third-order valence-electron chi connectivity index (χ3n) is 29.7. The van der Waals surface area contributed by atoms with Crippen LogP contribution in [0.15, 0.2) is 60.8 Å². The Balaban J connectivity index is 0.000000830. The minimum atomic E-state index is -1.72. The maximum absolute atomic E-state index is 14.9. The van der Waals surface area contributed by atoms with Crippen molar-refractivity contribution in [3.05, 3.63) is 60.8 Å². The molecule has 0 heterocycles. The van der Waals surface area contributed by atoms with Crippen LogP contribution < -0.4 is 0 Å².